The molecule has 0 fully saturated rings. The van der Waals surface area contributed by atoms with Crippen molar-refractivity contribution in [1.82, 2.24) is 4.72 Å². The lowest BCUT2D eigenvalue weighted by atomic mass is 10.1. The van der Waals surface area contributed by atoms with E-state index in [4.69, 9.17) is 5.73 Å². The Labute approximate surface area is 109 Å². The van der Waals surface area contributed by atoms with Crippen molar-refractivity contribution in [1.29, 1.82) is 0 Å². The molecule has 3 N–H and O–H groups in total. The second-order valence-electron chi connectivity index (χ2n) is 4.03. The molecule has 98 valence electrons. The predicted octanol–water partition coefficient (Wildman–Crippen LogP) is 1.58. The lowest BCUT2D eigenvalue weighted by Crippen LogP contribution is -2.24. The molecule has 1 aromatic carbocycles. The van der Waals surface area contributed by atoms with Gasteiger partial charge in [0.2, 0.25) is 10.0 Å². The van der Waals surface area contributed by atoms with Crippen LogP contribution in [0.2, 0.25) is 0 Å². The number of sulfonamides is 1. The van der Waals surface area contributed by atoms with Gasteiger partial charge in [0, 0.05) is 18.7 Å². The maximum Gasteiger partial charge on any atom is 0.240 e. The van der Waals surface area contributed by atoms with Crippen LogP contribution in [0.25, 0.3) is 0 Å². The van der Waals surface area contributed by atoms with Crippen LogP contribution in [0.15, 0.2) is 17.0 Å². The Balaban J connectivity index is 2.94. The minimum absolute atomic E-state index is 0.201. The van der Waals surface area contributed by atoms with Crippen LogP contribution in [-0.2, 0) is 10.0 Å². The lowest BCUT2D eigenvalue weighted by Gasteiger charge is -2.10. The molecule has 0 spiro atoms. The van der Waals surface area contributed by atoms with Gasteiger partial charge >= 0.3 is 0 Å². The molecule has 18 heavy (non-hydrogen) atoms. The molecule has 1 aromatic rings. The van der Waals surface area contributed by atoms with Crippen LogP contribution in [0.3, 0.4) is 0 Å². The number of anilines is 1. The highest BCUT2D eigenvalue weighted by atomic mass is 32.2. The monoisotopic (exact) mass is 266 g/mol. The number of hydrogen-bond acceptors (Lipinski definition) is 3. The predicted molar refractivity (Wildman–Crippen MR) is 73.6 cm³/mol. The molecule has 0 aliphatic carbocycles. The quantitative estimate of drug-likeness (QED) is 0.494. The highest BCUT2D eigenvalue weighted by Crippen LogP contribution is 2.21. The normalized spacial score (nSPS) is 10.8. The Bertz CT molecular complexity index is 572. The summed E-state index contributed by atoms with van der Waals surface area (Å²) in [4.78, 5) is 0.201. The molecule has 0 bridgehead atoms. The molecule has 0 aromatic heterocycles. The van der Waals surface area contributed by atoms with Crippen molar-refractivity contribution < 1.29 is 8.42 Å². The third kappa shape index (κ3) is 3.49. The van der Waals surface area contributed by atoms with Gasteiger partial charge in [-0.3, -0.25) is 0 Å². The van der Waals surface area contributed by atoms with Gasteiger partial charge in [-0.05, 0) is 44.0 Å². The number of nitrogens with one attached hydrogen (secondary N) is 1. The summed E-state index contributed by atoms with van der Waals surface area (Å²) in [7, 11) is -3.50. The number of aryl methyl sites for hydroxylation is 1. The molecule has 0 radical (unpaired) electrons. The first-order chi connectivity index (χ1) is 8.38. The first-order valence-corrected chi connectivity index (χ1v) is 7.13. The standard InChI is InChI=1S/C13H18N2O2S/c1-4-5-6-7-15-18(16,17)12-8-10(2)11(3)13(14)9-12/h8-9,15H,6-7,14H2,1-3H3. The zero-order chi connectivity index (χ0) is 13.8. The maximum atomic E-state index is 12.0. The van der Waals surface area contributed by atoms with Crippen molar-refractivity contribution in [2.75, 3.05) is 12.3 Å². The summed E-state index contributed by atoms with van der Waals surface area (Å²) in [6.45, 7) is 5.73. The molecule has 0 saturated heterocycles. The van der Waals surface area contributed by atoms with E-state index in [1.165, 1.54) is 6.07 Å². The molecule has 0 unspecified atom stereocenters. The van der Waals surface area contributed by atoms with Crippen LogP contribution in [0.5, 0.6) is 0 Å². The number of nitrogens with two attached hydrogens (primary N) is 1. The molecule has 0 aliphatic rings. The Morgan fingerprint density at radius 3 is 2.56 bits per heavy atom. The number of hydrogen-bond donors (Lipinski definition) is 2. The fraction of sp³-hybridized carbons (Fsp3) is 0.385. The largest absolute Gasteiger partial charge is 0.398 e. The molecule has 5 heteroatoms. The smallest absolute Gasteiger partial charge is 0.240 e. The second-order valence-corrected chi connectivity index (χ2v) is 5.80. The summed E-state index contributed by atoms with van der Waals surface area (Å²) in [6.07, 6.45) is 0.496. The van der Waals surface area contributed by atoms with Crippen molar-refractivity contribution in [2.24, 2.45) is 0 Å². The van der Waals surface area contributed by atoms with E-state index in [-0.39, 0.29) is 4.90 Å². The van der Waals surface area contributed by atoms with E-state index in [2.05, 4.69) is 16.6 Å². The molecular formula is C13H18N2O2S. The van der Waals surface area contributed by atoms with E-state index in [1.54, 1.807) is 13.0 Å². The molecule has 0 heterocycles. The van der Waals surface area contributed by atoms with Gasteiger partial charge in [-0.1, -0.05) is 0 Å². The summed E-state index contributed by atoms with van der Waals surface area (Å²) in [6, 6.07) is 3.11. The van der Waals surface area contributed by atoms with Gasteiger partial charge in [0.1, 0.15) is 0 Å². The minimum atomic E-state index is -3.50. The fourth-order valence-corrected chi connectivity index (χ4v) is 2.62. The van der Waals surface area contributed by atoms with E-state index in [0.717, 1.165) is 11.1 Å². The SMILES string of the molecule is CC#CCCNS(=O)(=O)c1cc(C)c(C)c(N)c1. The van der Waals surface area contributed by atoms with Crippen LogP contribution < -0.4 is 10.5 Å². The summed E-state index contributed by atoms with van der Waals surface area (Å²) in [5.74, 6) is 5.52. The Morgan fingerprint density at radius 2 is 2.00 bits per heavy atom. The molecule has 1 rings (SSSR count). The number of nitrogen functional groups attached to an aromatic ring is 1. The van der Waals surface area contributed by atoms with E-state index in [9.17, 15) is 8.42 Å². The van der Waals surface area contributed by atoms with Gasteiger partial charge in [0.15, 0.2) is 0 Å². The van der Waals surface area contributed by atoms with Gasteiger partial charge in [-0.15, -0.1) is 11.8 Å². The molecule has 0 atom stereocenters. The van der Waals surface area contributed by atoms with Crippen LogP contribution in [0, 0.1) is 25.7 Å². The average molecular weight is 266 g/mol. The zero-order valence-corrected chi connectivity index (χ0v) is 11.7. The average Bonchev–Trinajstić information content (AvgIpc) is 2.31. The van der Waals surface area contributed by atoms with Crippen molar-refractivity contribution in [2.45, 2.75) is 32.1 Å². The topological polar surface area (TPSA) is 72.2 Å². The van der Waals surface area contributed by atoms with Gasteiger partial charge in [-0.2, -0.15) is 0 Å². The van der Waals surface area contributed by atoms with E-state index in [1.807, 2.05) is 13.8 Å². The Kier molecular flexibility index (Phi) is 4.76. The third-order valence-electron chi connectivity index (χ3n) is 2.71. The van der Waals surface area contributed by atoms with Gasteiger partial charge < -0.3 is 5.73 Å². The molecule has 0 amide bonds. The zero-order valence-electron chi connectivity index (χ0n) is 10.9. The lowest BCUT2D eigenvalue weighted by molar-refractivity contribution is 0.582. The second kappa shape index (κ2) is 5.89. The van der Waals surface area contributed by atoms with Gasteiger partial charge in [0.25, 0.3) is 0 Å². The van der Waals surface area contributed by atoms with E-state index < -0.39 is 10.0 Å². The summed E-state index contributed by atoms with van der Waals surface area (Å²) in [5.41, 5.74) is 8.04. The first-order valence-electron chi connectivity index (χ1n) is 5.64. The highest BCUT2D eigenvalue weighted by molar-refractivity contribution is 7.89. The Morgan fingerprint density at radius 1 is 1.33 bits per heavy atom. The van der Waals surface area contributed by atoms with Crippen molar-refractivity contribution >= 4 is 15.7 Å². The maximum absolute atomic E-state index is 12.0. The van der Waals surface area contributed by atoms with Crippen molar-refractivity contribution in [3.63, 3.8) is 0 Å². The Hall–Kier alpha value is -1.51. The number of benzene rings is 1. The van der Waals surface area contributed by atoms with Crippen molar-refractivity contribution in [3.05, 3.63) is 23.3 Å². The molecule has 0 aliphatic heterocycles. The molecule has 4 nitrogen and oxygen atoms in total. The van der Waals surface area contributed by atoms with E-state index in [0.29, 0.717) is 18.7 Å². The number of rotatable bonds is 4. The summed E-state index contributed by atoms with van der Waals surface area (Å²) < 4.78 is 26.5. The van der Waals surface area contributed by atoms with Crippen LogP contribution >= 0.6 is 0 Å². The summed E-state index contributed by atoms with van der Waals surface area (Å²) >= 11 is 0. The summed E-state index contributed by atoms with van der Waals surface area (Å²) in [5, 5.41) is 0. The third-order valence-corrected chi connectivity index (χ3v) is 4.15. The minimum Gasteiger partial charge on any atom is -0.398 e. The van der Waals surface area contributed by atoms with Crippen LogP contribution in [-0.4, -0.2) is 15.0 Å². The van der Waals surface area contributed by atoms with Crippen molar-refractivity contribution in [3.8, 4) is 11.8 Å². The van der Waals surface area contributed by atoms with E-state index >= 15 is 0 Å². The van der Waals surface area contributed by atoms with Gasteiger partial charge in [-0.25, -0.2) is 13.1 Å². The molecule has 0 saturated carbocycles. The molecular weight excluding hydrogens is 248 g/mol. The van der Waals surface area contributed by atoms with Crippen LogP contribution in [0.4, 0.5) is 5.69 Å². The highest BCUT2D eigenvalue weighted by Gasteiger charge is 2.15. The van der Waals surface area contributed by atoms with Gasteiger partial charge in [0.05, 0.1) is 4.90 Å². The van der Waals surface area contributed by atoms with Crippen LogP contribution in [0.1, 0.15) is 24.5 Å². The first kappa shape index (κ1) is 14.6. The fourth-order valence-electron chi connectivity index (χ4n) is 1.46.